The van der Waals surface area contributed by atoms with Crippen LogP contribution in [0.15, 0.2) is 54.7 Å². The standard InChI is InChI=1S/C27H37N5O3.S31/c1-35-18-12-23-20-31(26(22-7-3-2-4-8-22)24-9-5-6-13-29-24)16-17-32(23)25(33)19-21-10-14-30(15-11-21)27(28)34;1-3-5-7-9-11-13-15-17-19-21-23-25-27-29-31-30-28-26-24-22-20-18-16-14-12-10-8-6-4-2/h2-9,13,21,23,26H,10-12,14-20H2,1H3,(H2,28,34);/t23-,26?;/m0./s1. The first-order valence-electron chi connectivity index (χ1n) is 17.6. The second-order valence-corrected chi connectivity index (χ2v) is 62.8. The van der Waals surface area contributed by atoms with E-state index in [-0.39, 0.29) is 24.0 Å². The number of methoxy groups -OCH3 is 1. The first-order chi connectivity index (χ1) is 32.5. The predicted molar refractivity (Wildman–Crippen MR) is 363 cm³/mol. The Balaban J connectivity index is 0.000000354. The van der Waals surface area contributed by atoms with Crippen LogP contribution in [0.2, 0.25) is 0 Å². The number of likely N-dealkylation sites (tertiary alicyclic amines) is 1. The number of hydrogen-bond acceptors (Lipinski definition) is 7. The minimum Gasteiger partial charge on any atom is -0.385 e. The molecular formula is C27H37N5O3S31. The molecule has 39 heteroatoms. The molecule has 2 fully saturated rings. The van der Waals surface area contributed by atoms with Crippen molar-refractivity contribution in [1.29, 1.82) is 0 Å². The summed E-state index contributed by atoms with van der Waals surface area (Å²) in [5.74, 6) is 0.502. The third-order valence-corrected chi connectivity index (χ3v) is 70.3. The van der Waals surface area contributed by atoms with Gasteiger partial charge in [0.05, 0.1) is 11.7 Å². The van der Waals surface area contributed by atoms with Crippen molar-refractivity contribution in [1.82, 2.24) is 19.7 Å². The van der Waals surface area contributed by atoms with Crippen molar-refractivity contribution in [2.75, 3.05) is 46.4 Å². The van der Waals surface area contributed by atoms with Crippen molar-refractivity contribution in [3.05, 3.63) is 66.0 Å². The lowest BCUT2D eigenvalue weighted by Crippen LogP contribution is -2.56. The third-order valence-electron chi connectivity index (χ3n) is 8.11. The van der Waals surface area contributed by atoms with E-state index in [1.807, 2.05) is 158 Å². The number of nitrogens with zero attached hydrogens (tertiary/aromatic N) is 4. The van der Waals surface area contributed by atoms with E-state index in [0.29, 0.717) is 38.6 Å². The second kappa shape index (κ2) is 45.1. The highest BCUT2D eigenvalue weighted by molar-refractivity contribution is 8.80. The Morgan fingerprint density at radius 3 is 1.47 bits per heavy atom. The number of pyridine rings is 1. The van der Waals surface area contributed by atoms with E-state index in [4.69, 9.17) is 32.8 Å². The Hall–Kier alpha value is 3.85. The van der Waals surface area contributed by atoms with Gasteiger partial charge in [-0.25, -0.2) is 4.79 Å². The van der Waals surface area contributed by atoms with Crippen LogP contribution in [0.4, 0.5) is 4.79 Å². The van der Waals surface area contributed by atoms with E-state index in [9.17, 15) is 9.59 Å². The maximum atomic E-state index is 13.4. The molecule has 2 aromatic rings. The van der Waals surface area contributed by atoms with Crippen LogP contribution < -0.4 is 5.73 Å². The number of carbonyl (C=O) groups is 2. The molecule has 0 saturated carbocycles. The van der Waals surface area contributed by atoms with Gasteiger partial charge < -0.3 is 20.3 Å². The Labute approximate surface area is 478 Å². The summed E-state index contributed by atoms with van der Waals surface area (Å²) in [7, 11) is 52.6. The van der Waals surface area contributed by atoms with Gasteiger partial charge >= 0.3 is 6.03 Å². The topological polar surface area (TPSA) is 92.0 Å². The van der Waals surface area contributed by atoms with Crippen molar-refractivity contribution in [3.63, 3.8) is 0 Å². The van der Waals surface area contributed by atoms with Crippen LogP contribution in [0.1, 0.15) is 43.0 Å². The molecule has 0 aliphatic carbocycles. The minimum absolute atomic E-state index is 0.0397. The summed E-state index contributed by atoms with van der Waals surface area (Å²) in [6.45, 7) is 4.12. The lowest BCUT2D eigenvalue weighted by Gasteiger charge is -2.45. The van der Waals surface area contributed by atoms with Gasteiger partial charge in [-0.1, -0.05) is 36.4 Å². The SMILES string of the molecule is COCC[C@H]1CN(C(c2ccccc2)c2ccccn2)CCN1C(=O)CC1CCN(C(N)=O)CC1.S=S=S=S=S=S=S=S=S=S=S=S=S=S=S=S=S=S=S=S=S=S=S=S=S=S=S=S=S=S=S. The molecule has 2 aliphatic heterocycles. The van der Waals surface area contributed by atoms with E-state index in [0.717, 1.165) is 38.0 Å². The molecule has 4 rings (SSSR count). The summed E-state index contributed by atoms with van der Waals surface area (Å²) >= 11 is 9.58. The van der Waals surface area contributed by atoms with Crippen molar-refractivity contribution in [3.8, 4) is 0 Å². The molecule has 3 heterocycles. The van der Waals surface area contributed by atoms with Gasteiger partial charge in [0.1, 0.15) is 0 Å². The molecule has 2 aliphatic rings. The number of benzene rings is 1. The van der Waals surface area contributed by atoms with Crippen LogP contribution in [0.25, 0.3) is 0 Å². The fraction of sp³-hybridized carbons (Fsp3) is 0.519. The zero-order valence-corrected chi connectivity index (χ0v) is 58.6. The Kier molecular flexibility index (Phi) is 43.8. The maximum Gasteiger partial charge on any atom is 0.314 e. The summed E-state index contributed by atoms with van der Waals surface area (Å²) in [4.78, 5) is 35.7. The van der Waals surface area contributed by atoms with Gasteiger partial charge in [-0.2, -0.15) is 0 Å². The monoisotopic (exact) mass is 1470 g/mol. The van der Waals surface area contributed by atoms with Crippen LogP contribution in [0.3, 0.4) is 0 Å². The van der Waals surface area contributed by atoms with E-state index in [1.54, 1.807) is 119 Å². The van der Waals surface area contributed by atoms with E-state index < -0.39 is 0 Å². The third kappa shape index (κ3) is 31.0. The van der Waals surface area contributed by atoms with Gasteiger partial charge in [0.2, 0.25) is 5.91 Å². The van der Waals surface area contributed by atoms with Gasteiger partial charge in [-0.3, -0.25) is 14.7 Å². The van der Waals surface area contributed by atoms with Crippen molar-refractivity contribution < 1.29 is 14.3 Å². The molecule has 0 bridgehead atoms. The summed E-state index contributed by atoms with van der Waals surface area (Å²) < 4.78 is 5.40. The highest BCUT2D eigenvalue weighted by Gasteiger charge is 2.36. The first-order valence-corrected chi connectivity index (χ1v) is 57.6. The van der Waals surface area contributed by atoms with Crippen molar-refractivity contribution in [2.24, 2.45) is 11.7 Å². The van der Waals surface area contributed by atoms with Crippen LogP contribution in [0.5, 0.6) is 0 Å². The maximum absolute atomic E-state index is 13.4. The molecule has 374 valence electrons. The molecule has 1 unspecified atom stereocenters. The summed E-state index contributed by atoms with van der Waals surface area (Å²) in [6.07, 6.45) is 4.82. The van der Waals surface area contributed by atoms with Gasteiger partial charge in [0.25, 0.3) is 0 Å². The Morgan fingerprint density at radius 2 is 1.08 bits per heavy atom. The number of ether oxygens (including phenoxy) is 1. The lowest BCUT2D eigenvalue weighted by molar-refractivity contribution is -0.138. The number of hydrogen-bond donors (Lipinski definition) is 1. The quantitative estimate of drug-likeness (QED) is 0.436. The van der Waals surface area contributed by atoms with Crippen LogP contribution in [-0.4, -0.2) is 84.1 Å². The number of aromatic nitrogens is 1. The highest BCUT2D eigenvalue weighted by atomic mass is 33.5. The van der Waals surface area contributed by atoms with Crippen LogP contribution >= 0.6 is 0 Å². The van der Waals surface area contributed by atoms with Crippen molar-refractivity contribution in [2.45, 2.75) is 37.8 Å². The molecule has 3 amide bonds. The second-order valence-electron chi connectivity index (χ2n) is 11.5. The first kappa shape index (κ1) is 64.1. The molecule has 2 N–H and O–H groups in total. The molecule has 2 saturated heterocycles. The largest absolute Gasteiger partial charge is 0.385 e. The Bertz CT molecular complexity index is 3120. The van der Waals surface area contributed by atoms with E-state index in [2.05, 4.69) is 45.1 Å². The number of piperidine rings is 1. The number of carbonyl (C=O) groups excluding carboxylic acids is 2. The van der Waals surface area contributed by atoms with E-state index in [1.165, 1.54) is 23.3 Å². The molecule has 1 aromatic heterocycles. The molecule has 2 atom stereocenters. The average Bonchev–Trinajstić information content (AvgIpc) is 3.34. The number of amides is 3. The molecule has 8 nitrogen and oxygen atoms in total. The summed E-state index contributed by atoms with van der Waals surface area (Å²) in [5.41, 5.74) is 7.63. The Morgan fingerprint density at radius 1 is 0.636 bits per heavy atom. The molecule has 0 spiro atoms. The van der Waals surface area contributed by atoms with Gasteiger partial charge in [0, 0.05) is 345 Å². The zero-order valence-electron chi connectivity index (χ0n) is 33.2. The number of nitrogens with two attached hydrogens (primary N) is 1. The smallest absolute Gasteiger partial charge is 0.314 e. The van der Waals surface area contributed by atoms with Crippen molar-refractivity contribution >= 4 is 292 Å². The molecule has 0 radical (unpaired) electrons. The number of rotatable bonds is 8. The van der Waals surface area contributed by atoms with Crippen LogP contribution in [-0.2, 0) is 289 Å². The lowest BCUT2D eigenvalue weighted by atomic mass is 9.92. The molecular weight excluding hydrogens is 1440 g/mol. The number of primary amides is 1. The van der Waals surface area contributed by atoms with Gasteiger partial charge in [0.15, 0.2) is 0 Å². The van der Waals surface area contributed by atoms with Gasteiger partial charge in [-0.05, 0) is 42.9 Å². The highest BCUT2D eigenvalue weighted by Crippen LogP contribution is 2.31. The average molecular weight is 1470 g/mol. The summed E-state index contributed by atoms with van der Waals surface area (Å²) in [6, 6.07) is 16.3. The normalized spacial score (nSPS) is 14.5. The minimum atomic E-state index is -0.369. The van der Waals surface area contributed by atoms with Crippen LogP contribution in [0, 0.1) is 5.92 Å². The molecule has 1 aromatic carbocycles. The predicted octanol–water partition coefficient (Wildman–Crippen LogP) is 2.83. The number of urea groups is 1. The number of piperazine rings is 1. The van der Waals surface area contributed by atoms with Gasteiger partial charge in [-0.15, -0.1) is 0 Å². The fourth-order valence-corrected chi connectivity index (χ4v) is 79.8. The zero-order chi connectivity index (χ0) is 47.1. The summed E-state index contributed by atoms with van der Waals surface area (Å²) in [5, 5.41) is 0. The fourth-order valence-electron chi connectivity index (χ4n) is 5.71. The van der Waals surface area contributed by atoms with E-state index >= 15 is 0 Å². The molecule has 66 heavy (non-hydrogen) atoms.